The largest absolute Gasteiger partial charge is 0.384 e. The summed E-state index contributed by atoms with van der Waals surface area (Å²) >= 11 is 0. The molecule has 0 saturated carbocycles. The van der Waals surface area contributed by atoms with Crippen LogP contribution in [0.3, 0.4) is 0 Å². The second kappa shape index (κ2) is 4.67. The SMILES string of the molecule is CC(C)n1cc(C(O)c2ccc(F)cc2)cn1. The van der Waals surface area contributed by atoms with Crippen LogP contribution in [0, 0.1) is 5.82 Å². The summed E-state index contributed by atoms with van der Waals surface area (Å²) in [7, 11) is 0. The average molecular weight is 234 g/mol. The van der Waals surface area contributed by atoms with E-state index in [1.54, 1.807) is 29.2 Å². The third-order valence-electron chi connectivity index (χ3n) is 2.65. The van der Waals surface area contributed by atoms with Gasteiger partial charge < -0.3 is 5.11 Å². The van der Waals surface area contributed by atoms with E-state index in [1.165, 1.54) is 12.1 Å². The number of aliphatic hydroxyl groups excluding tert-OH is 1. The molecule has 2 rings (SSSR count). The molecule has 0 radical (unpaired) electrons. The van der Waals surface area contributed by atoms with Gasteiger partial charge in [-0.3, -0.25) is 4.68 Å². The van der Waals surface area contributed by atoms with E-state index in [-0.39, 0.29) is 11.9 Å². The number of benzene rings is 1. The molecule has 1 aromatic carbocycles. The molecule has 1 unspecified atom stereocenters. The molecule has 1 aromatic heterocycles. The van der Waals surface area contributed by atoms with Gasteiger partial charge in [-0.1, -0.05) is 12.1 Å². The average Bonchev–Trinajstić information content (AvgIpc) is 2.78. The lowest BCUT2D eigenvalue weighted by molar-refractivity contribution is 0.220. The predicted octanol–water partition coefficient (Wildman–Crippen LogP) is 2.68. The van der Waals surface area contributed by atoms with Crippen molar-refractivity contribution >= 4 is 0 Å². The number of aliphatic hydroxyl groups is 1. The maximum Gasteiger partial charge on any atom is 0.123 e. The number of halogens is 1. The summed E-state index contributed by atoms with van der Waals surface area (Å²) < 4.78 is 14.5. The highest BCUT2D eigenvalue weighted by Crippen LogP contribution is 2.22. The highest BCUT2D eigenvalue weighted by molar-refractivity contribution is 5.27. The third-order valence-corrected chi connectivity index (χ3v) is 2.65. The van der Waals surface area contributed by atoms with Crippen LogP contribution in [0.1, 0.15) is 37.1 Å². The predicted molar refractivity (Wildman–Crippen MR) is 63.1 cm³/mol. The highest BCUT2D eigenvalue weighted by atomic mass is 19.1. The molecule has 17 heavy (non-hydrogen) atoms. The fraction of sp³-hybridized carbons (Fsp3) is 0.308. The second-order valence-electron chi connectivity index (χ2n) is 4.30. The Morgan fingerprint density at radius 1 is 1.18 bits per heavy atom. The topological polar surface area (TPSA) is 38.0 Å². The number of rotatable bonds is 3. The molecule has 0 bridgehead atoms. The lowest BCUT2D eigenvalue weighted by Gasteiger charge is -2.08. The Balaban J connectivity index is 2.24. The van der Waals surface area contributed by atoms with Gasteiger partial charge >= 0.3 is 0 Å². The lowest BCUT2D eigenvalue weighted by Crippen LogP contribution is -2.01. The smallest absolute Gasteiger partial charge is 0.123 e. The summed E-state index contributed by atoms with van der Waals surface area (Å²) in [4.78, 5) is 0. The van der Waals surface area contributed by atoms with Gasteiger partial charge in [0.25, 0.3) is 0 Å². The van der Waals surface area contributed by atoms with Crippen molar-refractivity contribution in [2.75, 3.05) is 0 Å². The maximum atomic E-state index is 12.8. The van der Waals surface area contributed by atoms with Crippen LogP contribution in [0.25, 0.3) is 0 Å². The van der Waals surface area contributed by atoms with Crippen LogP contribution in [0.15, 0.2) is 36.7 Å². The number of hydrogen-bond donors (Lipinski definition) is 1. The van der Waals surface area contributed by atoms with Crippen molar-refractivity contribution in [1.82, 2.24) is 9.78 Å². The van der Waals surface area contributed by atoms with E-state index in [0.717, 1.165) is 0 Å². The Kier molecular flexibility index (Phi) is 3.24. The van der Waals surface area contributed by atoms with E-state index in [0.29, 0.717) is 11.1 Å². The quantitative estimate of drug-likeness (QED) is 0.886. The lowest BCUT2D eigenvalue weighted by atomic mass is 10.1. The van der Waals surface area contributed by atoms with E-state index in [1.807, 2.05) is 13.8 Å². The first kappa shape index (κ1) is 11.8. The number of nitrogens with zero attached hydrogens (tertiary/aromatic N) is 2. The van der Waals surface area contributed by atoms with Crippen LogP contribution in [-0.4, -0.2) is 14.9 Å². The molecule has 0 fully saturated rings. The standard InChI is InChI=1S/C13H15FN2O/c1-9(2)16-8-11(7-15-16)13(17)10-3-5-12(14)6-4-10/h3-9,13,17H,1-2H3. The Bertz CT molecular complexity index is 490. The van der Waals surface area contributed by atoms with E-state index in [9.17, 15) is 9.50 Å². The minimum Gasteiger partial charge on any atom is -0.384 e. The minimum atomic E-state index is -0.761. The molecule has 0 aliphatic carbocycles. The van der Waals surface area contributed by atoms with E-state index < -0.39 is 6.10 Å². The third kappa shape index (κ3) is 2.53. The fourth-order valence-corrected chi connectivity index (χ4v) is 1.61. The monoisotopic (exact) mass is 234 g/mol. The molecule has 1 heterocycles. The molecule has 1 atom stereocenters. The zero-order valence-corrected chi connectivity index (χ0v) is 9.84. The summed E-state index contributed by atoms with van der Waals surface area (Å²) in [5.41, 5.74) is 1.38. The van der Waals surface area contributed by atoms with Gasteiger partial charge in [-0.25, -0.2) is 4.39 Å². The summed E-state index contributed by atoms with van der Waals surface area (Å²) in [6, 6.07) is 6.08. The first-order chi connectivity index (χ1) is 8.08. The summed E-state index contributed by atoms with van der Waals surface area (Å²) in [5.74, 6) is -0.307. The normalized spacial score (nSPS) is 13.0. The second-order valence-corrected chi connectivity index (χ2v) is 4.30. The molecule has 0 saturated heterocycles. The summed E-state index contributed by atoms with van der Waals surface area (Å²) in [6.45, 7) is 4.03. The van der Waals surface area contributed by atoms with Gasteiger partial charge in [-0.05, 0) is 31.5 Å². The Morgan fingerprint density at radius 2 is 1.82 bits per heavy atom. The molecule has 0 aliphatic rings. The van der Waals surface area contributed by atoms with Crippen molar-refractivity contribution in [2.24, 2.45) is 0 Å². The molecule has 2 aromatic rings. The van der Waals surface area contributed by atoms with E-state index in [2.05, 4.69) is 5.10 Å². The van der Waals surface area contributed by atoms with Gasteiger partial charge in [0.05, 0.1) is 6.20 Å². The Labute approximate surface area is 99.5 Å². The maximum absolute atomic E-state index is 12.8. The van der Waals surface area contributed by atoms with Crippen LogP contribution in [0.4, 0.5) is 4.39 Å². The summed E-state index contributed by atoms with van der Waals surface area (Å²) in [6.07, 6.45) is 2.68. The van der Waals surface area contributed by atoms with Crippen LogP contribution >= 0.6 is 0 Å². The number of aromatic nitrogens is 2. The molecule has 0 amide bonds. The van der Waals surface area contributed by atoms with Crippen molar-refractivity contribution in [3.05, 3.63) is 53.6 Å². The molecular weight excluding hydrogens is 219 g/mol. The van der Waals surface area contributed by atoms with Gasteiger partial charge in [0.2, 0.25) is 0 Å². The van der Waals surface area contributed by atoms with Crippen LogP contribution in [0.2, 0.25) is 0 Å². The molecular formula is C13H15FN2O. The van der Waals surface area contributed by atoms with Gasteiger partial charge in [0.1, 0.15) is 11.9 Å². The first-order valence-corrected chi connectivity index (χ1v) is 5.55. The van der Waals surface area contributed by atoms with Crippen LogP contribution < -0.4 is 0 Å². The Hall–Kier alpha value is -1.68. The van der Waals surface area contributed by atoms with Crippen LogP contribution in [-0.2, 0) is 0 Å². The van der Waals surface area contributed by atoms with Crippen molar-refractivity contribution in [3.63, 3.8) is 0 Å². The highest BCUT2D eigenvalue weighted by Gasteiger charge is 2.13. The molecule has 4 heteroatoms. The molecule has 1 N–H and O–H groups in total. The van der Waals surface area contributed by atoms with Gasteiger partial charge in [0, 0.05) is 17.8 Å². The van der Waals surface area contributed by atoms with Crippen molar-refractivity contribution in [3.8, 4) is 0 Å². The van der Waals surface area contributed by atoms with E-state index in [4.69, 9.17) is 0 Å². The van der Waals surface area contributed by atoms with Crippen LogP contribution in [0.5, 0.6) is 0 Å². The number of hydrogen-bond acceptors (Lipinski definition) is 2. The first-order valence-electron chi connectivity index (χ1n) is 5.55. The molecule has 90 valence electrons. The van der Waals surface area contributed by atoms with E-state index >= 15 is 0 Å². The van der Waals surface area contributed by atoms with Crippen molar-refractivity contribution < 1.29 is 9.50 Å². The van der Waals surface area contributed by atoms with Crippen molar-refractivity contribution in [1.29, 1.82) is 0 Å². The zero-order chi connectivity index (χ0) is 12.4. The minimum absolute atomic E-state index is 0.254. The van der Waals surface area contributed by atoms with Gasteiger partial charge in [0.15, 0.2) is 0 Å². The zero-order valence-electron chi connectivity index (χ0n) is 9.84. The van der Waals surface area contributed by atoms with Gasteiger partial charge in [-0.2, -0.15) is 5.10 Å². The molecule has 0 aliphatic heterocycles. The Morgan fingerprint density at radius 3 is 2.35 bits per heavy atom. The molecule has 0 spiro atoms. The summed E-state index contributed by atoms with van der Waals surface area (Å²) in [5, 5.41) is 14.3. The van der Waals surface area contributed by atoms with Crippen molar-refractivity contribution in [2.45, 2.75) is 26.0 Å². The molecule has 3 nitrogen and oxygen atoms in total. The fourth-order valence-electron chi connectivity index (χ4n) is 1.61. The van der Waals surface area contributed by atoms with Gasteiger partial charge in [-0.15, -0.1) is 0 Å².